The summed E-state index contributed by atoms with van der Waals surface area (Å²) < 4.78 is 47.6. The molecule has 13 heteroatoms. The van der Waals surface area contributed by atoms with Crippen LogP contribution >= 0.6 is 11.3 Å². The fourth-order valence-corrected chi connectivity index (χ4v) is 4.37. The molecular formula is C8H14N4O6S3. The Balaban J connectivity index is 2.81. The van der Waals surface area contributed by atoms with Gasteiger partial charge in [0, 0.05) is 18.9 Å². The van der Waals surface area contributed by atoms with E-state index in [2.05, 4.69) is 10.1 Å². The number of sulfonamides is 1. The van der Waals surface area contributed by atoms with Crippen molar-refractivity contribution in [1.82, 2.24) is 4.72 Å². The largest absolute Gasteiger partial charge is 0.310 e. The molecule has 0 atom stereocenters. The third kappa shape index (κ3) is 5.20. The Morgan fingerprint density at radius 3 is 2.43 bits per heavy atom. The minimum Gasteiger partial charge on any atom is -0.310 e. The monoisotopic (exact) mass is 358 g/mol. The van der Waals surface area contributed by atoms with Crippen LogP contribution in [0.2, 0.25) is 0 Å². The molecule has 10 nitrogen and oxygen atoms in total. The van der Waals surface area contributed by atoms with E-state index in [1.165, 1.54) is 0 Å². The zero-order chi connectivity index (χ0) is 16.3. The van der Waals surface area contributed by atoms with Gasteiger partial charge in [-0.25, -0.2) is 27.4 Å². The van der Waals surface area contributed by atoms with Crippen LogP contribution in [0, 0.1) is 10.1 Å². The van der Waals surface area contributed by atoms with Crippen LogP contribution in [0.4, 0.5) is 10.7 Å². The lowest BCUT2D eigenvalue weighted by atomic mass is 10.5. The van der Waals surface area contributed by atoms with Gasteiger partial charge in [0.1, 0.15) is 14.0 Å². The number of sulfone groups is 1. The molecule has 0 aliphatic heterocycles. The molecule has 0 fully saturated rings. The van der Waals surface area contributed by atoms with E-state index in [9.17, 15) is 26.9 Å². The van der Waals surface area contributed by atoms with Crippen LogP contribution in [0.1, 0.15) is 6.42 Å². The highest BCUT2D eigenvalue weighted by Gasteiger charge is 2.25. The molecule has 1 rings (SSSR count). The quantitative estimate of drug-likeness (QED) is 0.246. The maximum atomic E-state index is 11.9. The number of hydrogen-bond donors (Lipinski definition) is 3. The first-order valence-electron chi connectivity index (χ1n) is 5.49. The van der Waals surface area contributed by atoms with Crippen molar-refractivity contribution in [3.05, 3.63) is 16.2 Å². The van der Waals surface area contributed by atoms with Crippen LogP contribution in [-0.4, -0.2) is 40.3 Å². The highest BCUT2D eigenvalue weighted by molar-refractivity contribution is 7.91. The summed E-state index contributed by atoms with van der Waals surface area (Å²) in [4.78, 5) is 9.97. The zero-order valence-corrected chi connectivity index (χ0v) is 13.3. The molecule has 0 saturated carbocycles. The van der Waals surface area contributed by atoms with Crippen molar-refractivity contribution in [2.45, 2.75) is 10.6 Å². The summed E-state index contributed by atoms with van der Waals surface area (Å²) in [5, 5.41) is 10.6. The first-order chi connectivity index (χ1) is 9.57. The Morgan fingerprint density at radius 2 is 2.00 bits per heavy atom. The van der Waals surface area contributed by atoms with Gasteiger partial charge in [0.05, 0.1) is 10.7 Å². The van der Waals surface area contributed by atoms with Gasteiger partial charge >= 0.3 is 5.69 Å². The van der Waals surface area contributed by atoms with Gasteiger partial charge in [0.15, 0.2) is 5.00 Å². The highest BCUT2D eigenvalue weighted by atomic mass is 32.2. The number of nitrogen functional groups attached to an aromatic ring is 1. The van der Waals surface area contributed by atoms with Gasteiger partial charge in [-0.15, -0.1) is 0 Å². The molecule has 0 aromatic carbocycles. The van der Waals surface area contributed by atoms with Crippen LogP contribution in [0.25, 0.3) is 0 Å². The number of hydrazine groups is 1. The summed E-state index contributed by atoms with van der Waals surface area (Å²) >= 11 is 0.612. The molecule has 0 bridgehead atoms. The maximum absolute atomic E-state index is 11.9. The van der Waals surface area contributed by atoms with E-state index < -0.39 is 30.5 Å². The van der Waals surface area contributed by atoms with Gasteiger partial charge in [-0.05, 0) is 6.42 Å². The summed E-state index contributed by atoms with van der Waals surface area (Å²) in [6.45, 7) is -0.0908. The number of thiophene rings is 1. The summed E-state index contributed by atoms with van der Waals surface area (Å²) in [7, 11) is -7.12. The van der Waals surface area contributed by atoms with Crippen molar-refractivity contribution in [3.63, 3.8) is 0 Å². The number of nitrogens with two attached hydrogens (primary N) is 1. The topological polar surface area (TPSA) is 162 Å². The lowest BCUT2D eigenvalue weighted by Gasteiger charge is -2.03. The third-order valence-corrected chi connectivity index (χ3v) is 6.29. The third-order valence-electron chi connectivity index (χ3n) is 2.27. The molecule has 1 aromatic heterocycles. The molecule has 21 heavy (non-hydrogen) atoms. The van der Waals surface area contributed by atoms with E-state index in [-0.39, 0.29) is 27.9 Å². The highest BCUT2D eigenvalue weighted by Crippen LogP contribution is 2.36. The lowest BCUT2D eigenvalue weighted by molar-refractivity contribution is -0.383. The van der Waals surface area contributed by atoms with Crippen LogP contribution < -0.4 is 16.0 Å². The molecule has 0 radical (unpaired) electrons. The smallest absolute Gasteiger partial charge is 0.306 e. The molecule has 120 valence electrons. The van der Waals surface area contributed by atoms with Gasteiger partial charge in [-0.3, -0.25) is 10.1 Å². The predicted molar refractivity (Wildman–Crippen MR) is 78.3 cm³/mol. The molecule has 0 aliphatic carbocycles. The second-order valence-electron chi connectivity index (χ2n) is 4.06. The molecule has 0 aliphatic rings. The minimum absolute atomic E-state index is 0.0866. The number of hydrogen-bond acceptors (Lipinski definition) is 9. The standard InChI is InChI=1S/C8H14N4O6S3/c1-20(15,16)4-2-3-10-21(17,18)7-5-6(12(13)14)8(11-9)19-7/h5,10-11H,2-4,9H2,1H3. The normalized spacial score (nSPS) is 12.3. The molecule has 0 spiro atoms. The first-order valence-corrected chi connectivity index (χ1v) is 9.85. The van der Waals surface area contributed by atoms with Crippen molar-refractivity contribution in [2.75, 3.05) is 24.0 Å². The van der Waals surface area contributed by atoms with E-state index in [0.717, 1.165) is 12.3 Å². The maximum Gasteiger partial charge on any atom is 0.306 e. The number of anilines is 1. The van der Waals surface area contributed by atoms with Crippen molar-refractivity contribution < 1.29 is 21.8 Å². The van der Waals surface area contributed by atoms with Gasteiger partial charge in [0.2, 0.25) is 10.0 Å². The van der Waals surface area contributed by atoms with E-state index in [1.54, 1.807) is 0 Å². The summed E-state index contributed by atoms with van der Waals surface area (Å²) in [5.41, 5.74) is 1.62. The van der Waals surface area contributed by atoms with Crippen molar-refractivity contribution in [1.29, 1.82) is 0 Å². The van der Waals surface area contributed by atoms with Crippen LogP contribution in [0.15, 0.2) is 10.3 Å². The Kier molecular flexibility index (Phi) is 5.63. The molecule has 0 saturated heterocycles. The van der Waals surface area contributed by atoms with Gasteiger partial charge in [0.25, 0.3) is 0 Å². The number of nitrogens with one attached hydrogen (secondary N) is 2. The van der Waals surface area contributed by atoms with Crippen molar-refractivity contribution in [2.24, 2.45) is 5.84 Å². The Hall–Kier alpha value is -1.28. The average molecular weight is 358 g/mol. The summed E-state index contributed by atoms with van der Waals surface area (Å²) in [6, 6.07) is 0.888. The van der Waals surface area contributed by atoms with Crippen LogP contribution in [-0.2, 0) is 19.9 Å². The second-order valence-corrected chi connectivity index (χ2v) is 9.37. The summed E-state index contributed by atoms with van der Waals surface area (Å²) in [6.07, 6.45) is 1.15. The SMILES string of the molecule is CS(=O)(=O)CCCNS(=O)(=O)c1cc([N+](=O)[O-])c(NN)s1. The van der Waals surface area contributed by atoms with Gasteiger partial charge in [-0.1, -0.05) is 11.3 Å². The van der Waals surface area contributed by atoms with Crippen molar-refractivity contribution >= 4 is 41.9 Å². The Bertz CT molecular complexity index is 723. The molecule has 4 N–H and O–H groups in total. The van der Waals surface area contributed by atoms with Crippen LogP contribution in [0.5, 0.6) is 0 Å². The average Bonchev–Trinajstić information content (AvgIpc) is 2.78. The Labute approximate surface area is 125 Å². The minimum atomic E-state index is -3.95. The fourth-order valence-electron chi connectivity index (χ4n) is 1.34. The zero-order valence-electron chi connectivity index (χ0n) is 10.9. The molecule has 1 heterocycles. The predicted octanol–water partition coefficient (Wildman–Crippen LogP) is -0.345. The number of nitrogens with zero attached hydrogens (tertiary/aromatic N) is 1. The molecule has 0 amide bonds. The van der Waals surface area contributed by atoms with Gasteiger partial charge in [-0.2, -0.15) is 0 Å². The number of nitro groups is 1. The first kappa shape index (κ1) is 17.8. The number of rotatable bonds is 8. The fraction of sp³-hybridized carbons (Fsp3) is 0.500. The van der Waals surface area contributed by atoms with E-state index >= 15 is 0 Å². The van der Waals surface area contributed by atoms with Gasteiger partial charge < -0.3 is 5.43 Å². The summed E-state index contributed by atoms with van der Waals surface area (Å²) in [5.74, 6) is 4.93. The van der Waals surface area contributed by atoms with Crippen molar-refractivity contribution in [3.8, 4) is 0 Å². The molecular weight excluding hydrogens is 344 g/mol. The van der Waals surface area contributed by atoms with E-state index in [1.807, 2.05) is 0 Å². The van der Waals surface area contributed by atoms with E-state index in [0.29, 0.717) is 11.3 Å². The van der Waals surface area contributed by atoms with Crippen LogP contribution in [0.3, 0.4) is 0 Å². The molecule has 0 unspecified atom stereocenters. The lowest BCUT2D eigenvalue weighted by Crippen LogP contribution is -2.25. The molecule has 1 aromatic rings. The van der Waals surface area contributed by atoms with E-state index in [4.69, 9.17) is 5.84 Å². The second kappa shape index (κ2) is 6.65. The Morgan fingerprint density at radius 1 is 1.38 bits per heavy atom.